The van der Waals surface area contributed by atoms with E-state index in [0.717, 1.165) is 13.0 Å². The molecule has 0 spiro atoms. The molecule has 0 aromatic heterocycles. The molecular weight excluding hydrogens is 275 g/mol. The van der Waals surface area contributed by atoms with Crippen LogP contribution in [-0.4, -0.2) is 58.7 Å². The second-order valence-corrected chi connectivity index (χ2v) is 4.06. The number of halogens is 3. The Hall–Kier alpha value is -1.02. The van der Waals surface area contributed by atoms with Gasteiger partial charge in [-0.15, -0.1) is 0 Å². The van der Waals surface area contributed by atoms with Crippen LogP contribution in [-0.2, 0) is 9.47 Å². The summed E-state index contributed by atoms with van der Waals surface area (Å²) in [4.78, 5) is 4.30. The minimum absolute atomic E-state index is 0.0651. The standard InChI is InChI=1S/C12H24F3N3O2/c1-3-16-11(17-6-4-8-19-2)18-7-5-9-20-10-12(13,14)15/h3-10H2,1-2H3,(H2,16,17,18). The SMILES string of the molecule is CCNC(=NCCCOC)NCCCOCC(F)(F)F. The number of alkyl halides is 3. The minimum Gasteiger partial charge on any atom is -0.385 e. The van der Waals surface area contributed by atoms with E-state index in [2.05, 4.69) is 20.4 Å². The van der Waals surface area contributed by atoms with Crippen LogP contribution in [0.25, 0.3) is 0 Å². The molecule has 0 aliphatic carbocycles. The zero-order chi connectivity index (χ0) is 15.3. The van der Waals surface area contributed by atoms with E-state index in [4.69, 9.17) is 4.74 Å². The Morgan fingerprint density at radius 3 is 2.50 bits per heavy atom. The van der Waals surface area contributed by atoms with Crippen molar-refractivity contribution >= 4 is 5.96 Å². The largest absolute Gasteiger partial charge is 0.411 e. The lowest BCUT2D eigenvalue weighted by atomic mass is 10.4. The molecule has 0 aromatic rings. The lowest BCUT2D eigenvalue weighted by Gasteiger charge is -2.11. The normalized spacial score (nSPS) is 12.6. The van der Waals surface area contributed by atoms with Crippen molar-refractivity contribution in [1.82, 2.24) is 10.6 Å². The predicted octanol–water partition coefficient (Wildman–Crippen LogP) is 1.55. The third-order valence-electron chi connectivity index (χ3n) is 2.14. The van der Waals surface area contributed by atoms with E-state index in [1.807, 2.05) is 6.92 Å². The summed E-state index contributed by atoms with van der Waals surface area (Å²) in [7, 11) is 1.63. The van der Waals surface area contributed by atoms with Gasteiger partial charge in [0.2, 0.25) is 0 Å². The molecule has 0 fully saturated rings. The highest BCUT2D eigenvalue weighted by atomic mass is 19.4. The highest BCUT2D eigenvalue weighted by molar-refractivity contribution is 5.79. The van der Waals surface area contributed by atoms with Crippen LogP contribution in [0.15, 0.2) is 4.99 Å². The average Bonchev–Trinajstić information content (AvgIpc) is 2.37. The summed E-state index contributed by atoms with van der Waals surface area (Å²) >= 11 is 0. The van der Waals surface area contributed by atoms with Gasteiger partial charge >= 0.3 is 6.18 Å². The molecule has 0 radical (unpaired) electrons. The fourth-order valence-electron chi connectivity index (χ4n) is 1.31. The van der Waals surface area contributed by atoms with Crippen LogP contribution in [0.2, 0.25) is 0 Å². The van der Waals surface area contributed by atoms with E-state index in [0.29, 0.717) is 32.1 Å². The van der Waals surface area contributed by atoms with Gasteiger partial charge < -0.3 is 20.1 Å². The van der Waals surface area contributed by atoms with Crippen LogP contribution in [0.3, 0.4) is 0 Å². The molecule has 8 heteroatoms. The van der Waals surface area contributed by atoms with Crippen molar-refractivity contribution < 1.29 is 22.6 Å². The van der Waals surface area contributed by atoms with Crippen LogP contribution in [0.5, 0.6) is 0 Å². The van der Waals surface area contributed by atoms with Gasteiger partial charge in [0.15, 0.2) is 5.96 Å². The van der Waals surface area contributed by atoms with Crippen molar-refractivity contribution in [2.45, 2.75) is 25.9 Å². The summed E-state index contributed by atoms with van der Waals surface area (Å²) in [6.07, 6.45) is -2.95. The Labute approximate surface area is 117 Å². The van der Waals surface area contributed by atoms with Gasteiger partial charge in [0, 0.05) is 40.0 Å². The van der Waals surface area contributed by atoms with Crippen molar-refractivity contribution in [2.24, 2.45) is 4.99 Å². The molecule has 0 aliphatic rings. The predicted molar refractivity (Wildman–Crippen MR) is 72.0 cm³/mol. The first-order chi connectivity index (χ1) is 9.49. The summed E-state index contributed by atoms with van der Waals surface area (Å²) in [6, 6.07) is 0. The summed E-state index contributed by atoms with van der Waals surface area (Å²) < 4.78 is 44.9. The zero-order valence-electron chi connectivity index (χ0n) is 12.1. The topological polar surface area (TPSA) is 54.9 Å². The molecule has 0 heterocycles. The summed E-state index contributed by atoms with van der Waals surface area (Å²) in [5.41, 5.74) is 0. The van der Waals surface area contributed by atoms with Gasteiger partial charge in [-0.2, -0.15) is 13.2 Å². The Morgan fingerprint density at radius 2 is 1.90 bits per heavy atom. The fraction of sp³-hybridized carbons (Fsp3) is 0.917. The Bertz CT molecular complexity index is 261. The lowest BCUT2D eigenvalue weighted by molar-refractivity contribution is -0.173. The van der Waals surface area contributed by atoms with E-state index in [1.54, 1.807) is 7.11 Å². The van der Waals surface area contributed by atoms with E-state index in [1.165, 1.54) is 0 Å². The second kappa shape index (κ2) is 11.8. The van der Waals surface area contributed by atoms with Crippen LogP contribution < -0.4 is 10.6 Å². The quantitative estimate of drug-likeness (QED) is 0.365. The van der Waals surface area contributed by atoms with Crippen LogP contribution in [0.4, 0.5) is 13.2 Å². The number of methoxy groups -OCH3 is 1. The highest BCUT2D eigenvalue weighted by Crippen LogP contribution is 2.14. The molecule has 0 amide bonds. The maximum absolute atomic E-state index is 11.8. The number of rotatable bonds is 10. The molecule has 120 valence electrons. The zero-order valence-corrected chi connectivity index (χ0v) is 12.1. The Morgan fingerprint density at radius 1 is 1.15 bits per heavy atom. The van der Waals surface area contributed by atoms with Crippen LogP contribution in [0.1, 0.15) is 19.8 Å². The summed E-state index contributed by atoms with van der Waals surface area (Å²) in [5, 5.41) is 6.08. The first-order valence-electron chi connectivity index (χ1n) is 6.65. The molecule has 2 N–H and O–H groups in total. The van der Waals surface area contributed by atoms with Gasteiger partial charge in [-0.25, -0.2) is 0 Å². The van der Waals surface area contributed by atoms with E-state index in [-0.39, 0.29) is 6.61 Å². The van der Waals surface area contributed by atoms with Crippen LogP contribution >= 0.6 is 0 Å². The van der Waals surface area contributed by atoms with E-state index >= 15 is 0 Å². The summed E-state index contributed by atoms with van der Waals surface area (Å²) in [6.45, 7) is 3.32. The number of nitrogens with one attached hydrogen (secondary N) is 2. The molecule has 20 heavy (non-hydrogen) atoms. The van der Waals surface area contributed by atoms with E-state index < -0.39 is 12.8 Å². The molecule has 5 nitrogen and oxygen atoms in total. The van der Waals surface area contributed by atoms with Gasteiger partial charge in [-0.05, 0) is 19.8 Å². The molecule has 0 bridgehead atoms. The first kappa shape index (κ1) is 19.0. The number of aliphatic imine (C=N–C) groups is 1. The molecule has 0 aliphatic heterocycles. The molecule has 0 aromatic carbocycles. The highest BCUT2D eigenvalue weighted by Gasteiger charge is 2.27. The third kappa shape index (κ3) is 13.4. The number of ether oxygens (including phenoxy) is 2. The second-order valence-electron chi connectivity index (χ2n) is 4.06. The number of hydrogen-bond acceptors (Lipinski definition) is 3. The van der Waals surface area contributed by atoms with E-state index in [9.17, 15) is 13.2 Å². The van der Waals surface area contributed by atoms with Crippen molar-refractivity contribution in [3.63, 3.8) is 0 Å². The lowest BCUT2D eigenvalue weighted by Crippen LogP contribution is -2.38. The van der Waals surface area contributed by atoms with Gasteiger partial charge in [0.05, 0.1) is 0 Å². The van der Waals surface area contributed by atoms with Gasteiger partial charge in [0.1, 0.15) is 6.61 Å². The maximum atomic E-state index is 11.8. The first-order valence-corrected chi connectivity index (χ1v) is 6.65. The molecule has 0 saturated heterocycles. The third-order valence-corrected chi connectivity index (χ3v) is 2.14. The summed E-state index contributed by atoms with van der Waals surface area (Å²) in [5.74, 6) is 0.652. The van der Waals surface area contributed by atoms with Gasteiger partial charge in [0.25, 0.3) is 0 Å². The van der Waals surface area contributed by atoms with Crippen molar-refractivity contribution in [1.29, 1.82) is 0 Å². The molecule has 0 saturated carbocycles. The molecule has 0 atom stereocenters. The van der Waals surface area contributed by atoms with Crippen molar-refractivity contribution in [3.8, 4) is 0 Å². The molecule has 0 unspecified atom stereocenters. The Kier molecular flexibility index (Phi) is 11.2. The molecular formula is C12H24F3N3O2. The smallest absolute Gasteiger partial charge is 0.385 e. The van der Waals surface area contributed by atoms with Gasteiger partial charge in [-0.3, -0.25) is 4.99 Å². The fourth-order valence-corrected chi connectivity index (χ4v) is 1.31. The number of nitrogens with zero attached hydrogens (tertiary/aromatic N) is 1. The molecule has 0 rings (SSSR count). The van der Waals surface area contributed by atoms with Gasteiger partial charge in [-0.1, -0.05) is 0 Å². The Balaban J connectivity index is 3.69. The van der Waals surface area contributed by atoms with Crippen LogP contribution in [0, 0.1) is 0 Å². The number of guanidine groups is 1. The van der Waals surface area contributed by atoms with Crippen molar-refractivity contribution in [3.05, 3.63) is 0 Å². The average molecular weight is 299 g/mol. The monoisotopic (exact) mass is 299 g/mol. The van der Waals surface area contributed by atoms with Crippen molar-refractivity contribution in [2.75, 3.05) is 46.6 Å². The number of hydrogen-bond donors (Lipinski definition) is 2. The maximum Gasteiger partial charge on any atom is 0.411 e. The minimum atomic E-state index is -4.26.